The standard InChI is InChI=1S/C22H30N4O/c1-15(2)12-21(27)26-11-10-18(14-26)20-13-19(23-22(24-20)25(4)5)17-8-6-16(3)7-9-17/h6-9,13,15,18H,10-12,14H2,1-5H3/t18-/m1/s1. The molecule has 5 nitrogen and oxygen atoms in total. The fourth-order valence-electron chi connectivity index (χ4n) is 3.44. The van der Waals surface area contributed by atoms with E-state index in [1.807, 2.05) is 23.9 Å². The van der Waals surface area contributed by atoms with E-state index in [1.165, 1.54) is 5.56 Å². The highest BCUT2D eigenvalue weighted by Crippen LogP contribution is 2.30. The maximum absolute atomic E-state index is 12.4. The van der Waals surface area contributed by atoms with E-state index in [0.29, 0.717) is 12.3 Å². The van der Waals surface area contributed by atoms with Crippen molar-refractivity contribution in [3.63, 3.8) is 0 Å². The molecule has 1 atom stereocenters. The lowest BCUT2D eigenvalue weighted by atomic mass is 10.0. The zero-order valence-corrected chi connectivity index (χ0v) is 17.1. The molecule has 1 amide bonds. The summed E-state index contributed by atoms with van der Waals surface area (Å²) in [5.74, 6) is 1.64. The summed E-state index contributed by atoms with van der Waals surface area (Å²) in [5.41, 5.74) is 4.30. The molecule has 3 rings (SSSR count). The molecule has 0 unspecified atom stereocenters. The summed E-state index contributed by atoms with van der Waals surface area (Å²) < 4.78 is 0. The molecule has 1 aromatic heterocycles. The first-order valence-corrected chi connectivity index (χ1v) is 9.74. The third-order valence-corrected chi connectivity index (χ3v) is 5.02. The number of benzene rings is 1. The van der Waals surface area contributed by atoms with Crippen LogP contribution in [0.3, 0.4) is 0 Å². The minimum atomic E-state index is 0.258. The first-order valence-electron chi connectivity index (χ1n) is 9.74. The molecule has 5 heteroatoms. The van der Waals surface area contributed by atoms with E-state index < -0.39 is 0 Å². The van der Waals surface area contributed by atoms with Crippen LogP contribution in [0.5, 0.6) is 0 Å². The zero-order chi connectivity index (χ0) is 19.6. The van der Waals surface area contributed by atoms with Crippen molar-refractivity contribution in [2.75, 3.05) is 32.1 Å². The Balaban J connectivity index is 1.87. The summed E-state index contributed by atoms with van der Waals surface area (Å²) >= 11 is 0. The molecule has 0 aliphatic carbocycles. The van der Waals surface area contributed by atoms with Crippen molar-refractivity contribution in [1.29, 1.82) is 0 Å². The number of hydrogen-bond acceptors (Lipinski definition) is 4. The number of likely N-dealkylation sites (tertiary alicyclic amines) is 1. The van der Waals surface area contributed by atoms with Gasteiger partial charge in [-0.2, -0.15) is 0 Å². The second-order valence-corrected chi connectivity index (χ2v) is 8.16. The van der Waals surface area contributed by atoms with E-state index in [2.05, 4.69) is 51.1 Å². The highest BCUT2D eigenvalue weighted by atomic mass is 16.2. The number of amides is 1. The molecule has 144 valence electrons. The maximum Gasteiger partial charge on any atom is 0.225 e. The van der Waals surface area contributed by atoms with Crippen molar-refractivity contribution in [3.05, 3.63) is 41.6 Å². The minimum Gasteiger partial charge on any atom is -0.347 e. The van der Waals surface area contributed by atoms with Crippen LogP contribution in [-0.4, -0.2) is 48.0 Å². The summed E-state index contributed by atoms with van der Waals surface area (Å²) in [4.78, 5) is 25.9. The molecule has 1 aromatic carbocycles. The minimum absolute atomic E-state index is 0.258. The lowest BCUT2D eigenvalue weighted by Crippen LogP contribution is -2.29. The van der Waals surface area contributed by atoms with Crippen molar-refractivity contribution in [1.82, 2.24) is 14.9 Å². The highest BCUT2D eigenvalue weighted by Gasteiger charge is 2.29. The van der Waals surface area contributed by atoms with Gasteiger partial charge in [0.1, 0.15) is 0 Å². The normalized spacial score (nSPS) is 16.8. The Morgan fingerprint density at radius 2 is 1.93 bits per heavy atom. The average molecular weight is 367 g/mol. The van der Waals surface area contributed by atoms with Crippen LogP contribution in [0, 0.1) is 12.8 Å². The van der Waals surface area contributed by atoms with Crippen LogP contribution in [0.4, 0.5) is 5.95 Å². The molecule has 1 saturated heterocycles. The van der Waals surface area contributed by atoms with Crippen molar-refractivity contribution in [3.8, 4) is 11.3 Å². The number of aromatic nitrogens is 2. The number of anilines is 1. The van der Waals surface area contributed by atoms with Gasteiger partial charge in [0.15, 0.2) is 0 Å². The molecule has 1 fully saturated rings. The Morgan fingerprint density at radius 1 is 1.22 bits per heavy atom. The Morgan fingerprint density at radius 3 is 2.56 bits per heavy atom. The monoisotopic (exact) mass is 366 g/mol. The topological polar surface area (TPSA) is 49.3 Å². The predicted octanol–water partition coefficient (Wildman–Crippen LogP) is 3.88. The number of aryl methyl sites for hydroxylation is 1. The van der Waals surface area contributed by atoms with Gasteiger partial charge in [-0.25, -0.2) is 9.97 Å². The Kier molecular flexibility index (Phi) is 5.78. The Bertz CT molecular complexity index is 798. The molecule has 0 radical (unpaired) electrons. The van der Waals surface area contributed by atoms with E-state index >= 15 is 0 Å². The number of carbonyl (C=O) groups is 1. The van der Waals surface area contributed by atoms with Crippen LogP contribution in [0.25, 0.3) is 11.3 Å². The first-order chi connectivity index (χ1) is 12.8. The van der Waals surface area contributed by atoms with Gasteiger partial charge in [-0.05, 0) is 25.3 Å². The SMILES string of the molecule is Cc1ccc(-c2cc([C@@H]3CCN(C(=O)CC(C)C)C3)nc(N(C)C)n2)cc1. The molecular formula is C22H30N4O. The first kappa shape index (κ1) is 19.3. The summed E-state index contributed by atoms with van der Waals surface area (Å²) in [6.07, 6.45) is 1.58. The van der Waals surface area contributed by atoms with Gasteiger partial charge in [0.25, 0.3) is 0 Å². The molecule has 0 spiro atoms. The van der Waals surface area contributed by atoms with Crippen LogP contribution in [-0.2, 0) is 4.79 Å². The number of rotatable bonds is 5. The third kappa shape index (κ3) is 4.65. The average Bonchev–Trinajstić information content (AvgIpc) is 3.11. The van der Waals surface area contributed by atoms with Crippen molar-refractivity contribution < 1.29 is 4.79 Å². The third-order valence-electron chi connectivity index (χ3n) is 5.02. The second-order valence-electron chi connectivity index (χ2n) is 8.16. The lowest BCUT2D eigenvalue weighted by molar-refractivity contribution is -0.130. The van der Waals surface area contributed by atoms with Crippen LogP contribution in [0.15, 0.2) is 30.3 Å². The Hall–Kier alpha value is -2.43. The fraction of sp³-hybridized carbons (Fsp3) is 0.500. The number of hydrogen-bond donors (Lipinski definition) is 0. The molecule has 0 N–H and O–H groups in total. The van der Waals surface area contributed by atoms with E-state index in [9.17, 15) is 4.79 Å². The van der Waals surface area contributed by atoms with E-state index in [-0.39, 0.29) is 11.8 Å². The number of carbonyl (C=O) groups excluding carboxylic acids is 1. The quantitative estimate of drug-likeness (QED) is 0.806. The van der Waals surface area contributed by atoms with Gasteiger partial charge < -0.3 is 9.80 Å². The second kappa shape index (κ2) is 8.07. The van der Waals surface area contributed by atoms with Gasteiger partial charge in [0.2, 0.25) is 11.9 Å². The molecule has 0 saturated carbocycles. The fourth-order valence-corrected chi connectivity index (χ4v) is 3.44. The summed E-state index contributed by atoms with van der Waals surface area (Å²) in [7, 11) is 3.93. The molecule has 1 aliphatic heterocycles. The summed E-state index contributed by atoms with van der Waals surface area (Å²) in [6.45, 7) is 7.84. The van der Waals surface area contributed by atoms with Crippen molar-refractivity contribution >= 4 is 11.9 Å². The van der Waals surface area contributed by atoms with Gasteiger partial charge in [0, 0.05) is 45.1 Å². The summed E-state index contributed by atoms with van der Waals surface area (Å²) in [6, 6.07) is 10.5. The summed E-state index contributed by atoms with van der Waals surface area (Å²) in [5, 5.41) is 0. The predicted molar refractivity (Wildman–Crippen MR) is 110 cm³/mol. The van der Waals surface area contributed by atoms with Gasteiger partial charge in [-0.1, -0.05) is 43.7 Å². The maximum atomic E-state index is 12.4. The van der Waals surface area contributed by atoms with Crippen LogP contribution in [0.1, 0.15) is 43.9 Å². The van der Waals surface area contributed by atoms with Gasteiger partial charge in [-0.15, -0.1) is 0 Å². The largest absolute Gasteiger partial charge is 0.347 e. The number of nitrogens with zero attached hydrogens (tertiary/aromatic N) is 4. The zero-order valence-electron chi connectivity index (χ0n) is 17.1. The van der Waals surface area contributed by atoms with Gasteiger partial charge in [0.05, 0.1) is 11.4 Å². The van der Waals surface area contributed by atoms with Gasteiger partial charge in [-0.3, -0.25) is 4.79 Å². The van der Waals surface area contributed by atoms with Crippen molar-refractivity contribution in [2.45, 2.75) is 39.5 Å². The smallest absolute Gasteiger partial charge is 0.225 e. The lowest BCUT2D eigenvalue weighted by Gasteiger charge is -2.19. The highest BCUT2D eigenvalue weighted by molar-refractivity contribution is 5.76. The van der Waals surface area contributed by atoms with Crippen molar-refractivity contribution in [2.24, 2.45) is 5.92 Å². The van der Waals surface area contributed by atoms with E-state index in [4.69, 9.17) is 9.97 Å². The van der Waals surface area contributed by atoms with Crippen LogP contribution >= 0.6 is 0 Å². The van der Waals surface area contributed by atoms with Crippen LogP contribution < -0.4 is 4.90 Å². The van der Waals surface area contributed by atoms with Gasteiger partial charge >= 0.3 is 0 Å². The molecule has 27 heavy (non-hydrogen) atoms. The molecule has 1 aliphatic rings. The molecule has 2 aromatic rings. The molecule has 0 bridgehead atoms. The van der Waals surface area contributed by atoms with E-state index in [0.717, 1.165) is 42.4 Å². The van der Waals surface area contributed by atoms with Crippen LogP contribution in [0.2, 0.25) is 0 Å². The molecular weight excluding hydrogens is 336 g/mol. The molecule has 2 heterocycles. The van der Waals surface area contributed by atoms with E-state index in [1.54, 1.807) is 0 Å². The Labute approximate surface area is 162 Å².